The van der Waals surface area contributed by atoms with Gasteiger partial charge in [-0.3, -0.25) is 9.36 Å². The maximum atomic E-state index is 12.3. The van der Waals surface area contributed by atoms with Gasteiger partial charge in [0.2, 0.25) is 0 Å². The molecule has 110 valence electrons. The fourth-order valence-electron chi connectivity index (χ4n) is 1.89. The van der Waals surface area contributed by atoms with Crippen LogP contribution in [0.5, 0.6) is 0 Å². The van der Waals surface area contributed by atoms with E-state index in [4.69, 9.17) is 21.7 Å². The Hall–Kier alpha value is -1.02. The second-order valence-corrected chi connectivity index (χ2v) is 5.67. The Bertz CT molecular complexity index is 659. The van der Waals surface area contributed by atoms with Crippen molar-refractivity contribution in [3.05, 3.63) is 26.6 Å². The van der Waals surface area contributed by atoms with Crippen LogP contribution in [0, 0.1) is 4.77 Å². The number of rotatable bonds is 8. The quantitative estimate of drug-likeness (QED) is 0.601. The van der Waals surface area contributed by atoms with E-state index in [0.717, 1.165) is 23.1 Å². The molecule has 5 nitrogen and oxygen atoms in total. The highest BCUT2D eigenvalue weighted by molar-refractivity contribution is 7.71. The van der Waals surface area contributed by atoms with Crippen LogP contribution in [0.15, 0.2) is 16.2 Å². The predicted octanol–water partition coefficient (Wildman–Crippen LogP) is 2.56. The lowest BCUT2D eigenvalue weighted by molar-refractivity contribution is 0.0684. The lowest BCUT2D eigenvalue weighted by Gasteiger charge is -2.07. The molecule has 0 aliphatic heterocycles. The van der Waals surface area contributed by atoms with Gasteiger partial charge in [-0.15, -0.1) is 11.3 Å². The monoisotopic (exact) mass is 314 g/mol. The highest BCUT2D eigenvalue weighted by Gasteiger charge is 2.06. The fraction of sp³-hybridized carbons (Fsp3) is 0.538. The molecule has 20 heavy (non-hydrogen) atoms. The number of nitrogens with zero attached hydrogens (tertiary/aromatic N) is 1. The number of nitrogens with one attached hydrogen (secondary N) is 1. The molecule has 0 aliphatic rings. The average molecular weight is 314 g/mol. The molecule has 0 saturated carbocycles. The van der Waals surface area contributed by atoms with Gasteiger partial charge in [0.25, 0.3) is 5.56 Å². The van der Waals surface area contributed by atoms with E-state index in [-0.39, 0.29) is 5.56 Å². The summed E-state index contributed by atoms with van der Waals surface area (Å²) < 4.78 is 13.1. The van der Waals surface area contributed by atoms with Gasteiger partial charge in [-0.1, -0.05) is 0 Å². The lowest BCUT2D eigenvalue weighted by atomic mass is 10.3. The number of aromatic nitrogens is 2. The third kappa shape index (κ3) is 3.76. The van der Waals surface area contributed by atoms with Crippen LogP contribution in [-0.2, 0) is 16.0 Å². The number of methoxy groups -OCH3 is 1. The van der Waals surface area contributed by atoms with Gasteiger partial charge in [0.1, 0.15) is 4.70 Å². The molecule has 0 unspecified atom stereocenters. The first kappa shape index (κ1) is 15.4. The van der Waals surface area contributed by atoms with Gasteiger partial charge in [0, 0.05) is 20.3 Å². The highest BCUT2D eigenvalue weighted by atomic mass is 32.1. The van der Waals surface area contributed by atoms with Crippen LogP contribution in [0.25, 0.3) is 10.2 Å². The molecule has 0 fully saturated rings. The van der Waals surface area contributed by atoms with Crippen molar-refractivity contribution in [1.82, 2.24) is 9.55 Å². The Kier molecular flexibility index (Phi) is 5.90. The Labute approximate surface area is 126 Å². The van der Waals surface area contributed by atoms with Crippen LogP contribution < -0.4 is 5.56 Å². The van der Waals surface area contributed by atoms with E-state index in [1.165, 1.54) is 11.3 Å². The van der Waals surface area contributed by atoms with E-state index in [0.29, 0.717) is 31.1 Å². The largest absolute Gasteiger partial charge is 0.382 e. The van der Waals surface area contributed by atoms with Crippen molar-refractivity contribution in [3.63, 3.8) is 0 Å². The number of thiophene rings is 1. The van der Waals surface area contributed by atoms with Gasteiger partial charge in [-0.2, -0.15) is 0 Å². The van der Waals surface area contributed by atoms with Crippen molar-refractivity contribution >= 4 is 33.8 Å². The summed E-state index contributed by atoms with van der Waals surface area (Å²) in [5, 5.41) is 1.89. The number of hydrogen-bond donors (Lipinski definition) is 1. The molecule has 1 N–H and O–H groups in total. The van der Waals surface area contributed by atoms with Crippen molar-refractivity contribution in [2.75, 3.05) is 26.9 Å². The van der Waals surface area contributed by atoms with E-state index < -0.39 is 0 Å². The van der Waals surface area contributed by atoms with E-state index in [2.05, 4.69) is 4.98 Å². The lowest BCUT2D eigenvalue weighted by Crippen LogP contribution is -2.21. The van der Waals surface area contributed by atoms with Crippen molar-refractivity contribution in [3.8, 4) is 0 Å². The average Bonchev–Trinajstić information content (AvgIpc) is 2.89. The van der Waals surface area contributed by atoms with Crippen molar-refractivity contribution in [2.24, 2.45) is 0 Å². The summed E-state index contributed by atoms with van der Waals surface area (Å²) in [5.74, 6) is 0. The summed E-state index contributed by atoms with van der Waals surface area (Å²) >= 11 is 6.67. The number of H-pyrrole nitrogens is 1. The Morgan fingerprint density at radius 1 is 1.35 bits per heavy atom. The summed E-state index contributed by atoms with van der Waals surface area (Å²) in [6.45, 7) is 2.52. The zero-order valence-corrected chi connectivity index (χ0v) is 13.0. The third-order valence-corrected chi connectivity index (χ3v) is 4.17. The molecule has 2 aromatic heterocycles. The number of hydrogen-bond acceptors (Lipinski definition) is 5. The maximum absolute atomic E-state index is 12.3. The second kappa shape index (κ2) is 7.68. The van der Waals surface area contributed by atoms with Crippen LogP contribution in [0.4, 0.5) is 0 Å². The van der Waals surface area contributed by atoms with Gasteiger partial charge in [-0.05, 0) is 36.5 Å². The molecule has 0 saturated heterocycles. The first-order valence-electron chi connectivity index (χ1n) is 6.51. The summed E-state index contributed by atoms with van der Waals surface area (Å²) in [6.07, 6.45) is 1.76. The van der Waals surface area contributed by atoms with E-state index >= 15 is 0 Å². The molecule has 0 radical (unpaired) electrons. The zero-order valence-electron chi connectivity index (χ0n) is 11.4. The standard InChI is InChI=1S/C13H18N2O3S2/c1-17-7-8-18-6-3-2-5-15-12(16)11-10(4-9-20-11)14-13(15)19/h4,9H,2-3,5-8H2,1H3,(H,14,19). The summed E-state index contributed by atoms with van der Waals surface area (Å²) in [4.78, 5) is 15.3. The molecule has 2 heterocycles. The topological polar surface area (TPSA) is 56.2 Å². The van der Waals surface area contributed by atoms with Crippen LogP contribution in [0.2, 0.25) is 0 Å². The van der Waals surface area contributed by atoms with Crippen LogP contribution in [-0.4, -0.2) is 36.5 Å². The molecular formula is C13H18N2O3S2. The molecule has 2 aromatic rings. The Morgan fingerprint density at radius 2 is 2.20 bits per heavy atom. The first-order valence-corrected chi connectivity index (χ1v) is 7.80. The van der Waals surface area contributed by atoms with Crippen LogP contribution in [0.1, 0.15) is 12.8 Å². The fourth-order valence-corrected chi connectivity index (χ4v) is 2.97. The molecule has 0 aliphatic carbocycles. The first-order chi connectivity index (χ1) is 9.74. The number of unbranched alkanes of at least 4 members (excludes halogenated alkanes) is 1. The molecule has 0 spiro atoms. The number of fused-ring (bicyclic) bond motifs is 1. The zero-order chi connectivity index (χ0) is 14.4. The minimum Gasteiger partial charge on any atom is -0.382 e. The van der Waals surface area contributed by atoms with Crippen LogP contribution in [0.3, 0.4) is 0 Å². The van der Waals surface area contributed by atoms with Gasteiger partial charge in [0.15, 0.2) is 4.77 Å². The normalized spacial score (nSPS) is 11.2. The summed E-state index contributed by atoms with van der Waals surface area (Å²) in [7, 11) is 1.65. The van der Waals surface area contributed by atoms with Gasteiger partial charge >= 0.3 is 0 Å². The Morgan fingerprint density at radius 3 is 3.00 bits per heavy atom. The number of aromatic amines is 1. The molecule has 0 atom stereocenters. The van der Waals surface area contributed by atoms with Crippen molar-refractivity contribution < 1.29 is 9.47 Å². The van der Waals surface area contributed by atoms with Crippen LogP contribution >= 0.6 is 23.6 Å². The maximum Gasteiger partial charge on any atom is 0.272 e. The molecular weight excluding hydrogens is 296 g/mol. The van der Waals surface area contributed by atoms with E-state index in [1.54, 1.807) is 11.7 Å². The molecule has 7 heteroatoms. The summed E-state index contributed by atoms with van der Waals surface area (Å²) in [6, 6.07) is 1.88. The van der Waals surface area contributed by atoms with Crippen molar-refractivity contribution in [1.29, 1.82) is 0 Å². The Balaban J connectivity index is 1.90. The van der Waals surface area contributed by atoms with Gasteiger partial charge in [0.05, 0.1) is 18.7 Å². The molecule has 0 bridgehead atoms. The molecule has 0 amide bonds. The van der Waals surface area contributed by atoms with Crippen molar-refractivity contribution in [2.45, 2.75) is 19.4 Å². The minimum atomic E-state index is -0.000878. The SMILES string of the molecule is COCCOCCCCn1c(=S)[nH]c2ccsc2c1=O. The minimum absolute atomic E-state index is 0.000878. The third-order valence-electron chi connectivity index (χ3n) is 2.94. The second-order valence-electron chi connectivity index (χ2n) is 4.36. The van der Waals surface area contributed by atoms with Gasteiger partial charge in [-0.25, -0.2) is 0 Å². The van der Waals surface area contributed by atoms with E-state index in [9.17, 15) is 4.79 Å². The molecule has 0 aromatic carbocycles. The van der Waals surface area contributed by atoms with E-state index in [1.807, 2.05) is 11.4 Å². The highest BCUT2D eigenvalue weighted by Crippen LogP contribution is 2.14. The number of ether oxygens (including phenoxy) is 2. The molecule has 2 rings (SSSR count). The predicted molar refractivity (Wildman–Crippen MR) is 83.2 cm³/mol. The van der Waals surface area contributed by atoms with Gasteiger partial charge < -0.3 is 14.5 Å². The summed E-state index contributed by atoms with van der Waals surface area (Å²) in [5.41, 5.74) is 0.822. The smallest absolute Gasteiger partial charge is 0.272 e.